The Balaban J connectivity index is 2.81. The Hall–Kier alpha value is -3.07. The van der Waals surface area contributed by atoms with Crippen molar-refractivity contribution >= 4 is 29.9 Å². The molecule has 1 aromatic heterocycles. The number of hydrogen-bond donors (Lipinski definition) is 2. The molecule has 0 saturated carbocycles. The quantitative estimate of drug-likeness (QED) is 0.486. The van der Waals surface area contributed by atoms with Gasteiger partial charge < -0.3 is 19.6 Å². The maximum absolute atomic E-state index is 12.8. The Labute approximate surface area is 141 Å². The SMILES string of the molecule is COC(=O)c1nc(=S)[nH]c(C(=O)OC)c1C(=O)c1ccccc1O. The summed E-state index contributed by atoms with van der Waals surface area (Å²) in [5.74, 6) is -3.02. The van der Waals surface area contributed by atoms with E-state index in [0.717, 1.165) is 14.2 Å². The van der Waals surface area contributed by atoms with Crippen LogP contribution in [0.15, 0.2) is 24.3 Å². The predicted octanol–water partition coefficient (Wildman–Crippen LogP) is 1.65. The number of H-pyrrole nitrogens is 1. The zero-order valence-corrected chi connectivity index (χ0v) is 13.5. The molecule has 0 radical (unpaired) electrons. The topological polar surface area (TPSA) is 119 Å². The van der Waals surface area contributed by atoms with Crippen molar-refractivity contribution in [2.45, 2.75) is 0 Å². The molecule has 2 aromatic rings. The Morgan fingerprint density at radius 2 is 1.75 bits per heavy atom. The number of phenols is 1. The number of nitrogens with one attached hydrogen (secondary N) is 1. The highest BCUT2D eigenvalue weighted by atomic mass is 32.1. The molecule has 0 bridgehead atoms. The zero-order chi connectivity index (χ0) is 17.9. The van der Waals surface area contributed by atoms with E-state index in [9.17, 15) is 19.5 Å². The minimum Gasteiger partial charge on any atom is -0.507 e. The van der Waals surface area contributed by atoms with Crippen LogP contribution in [0.4, 0.5) is 0 Å². The minimum absolute atomic E-state index is 0.125. The van der Waals surface area contributed by atoms with E-state index < -0.39 is 29.0 Å². The van der Waals surface area contributed by atoms with Gasteiger partial charge >= 0.3 is 11.9 Å². The molecular weight excluding hydrogens is 336 g/mol. The van der Waals surface area contributed by atoms with Gasteiger partial charge in [-0.3, -0.25) is 4.79 Å². The summed E-state index contributed by atoms with van der Waals surface area (Å²) in [5.41, 5.74) is -1.33. The van der Waals surface area contributed by atoms with E-state index in [-0.39, 0.29) is 21.8 Å². The maximum Gasteiger partial charge on any atom is 0.357 e. The molecule has 1 aromatic carbocycles. The Kier molecular flexibility index (Phi) is 5.05. The van der Waals surface area contributed by atoms with Crippen LogP contribution in [-0.4, -0.2) is 47.0 Å². The molecule has 0 aliphatic rings. The van der Waals surface area contributed by atoms with Crippen LogP contribution in [0, 0.1) is 4.77 Å². The minimum atomic E-state index is -0.959. The van der Waals surface area contributed by atoms with Crippen molar-refractivity contribution in [2.24, 2.45) is 0 Å². The maximum atomic E-state index is 12.8. The predicted molar refractivity (Wildman–Crippen MR) is 83.6 cm³/mol. The van der Waals surface area contributed by atoms with Gasteiger partial charge in [-0.05, 0) is 24.4 Å². The molecule has 2 rings (SSSR count). The van der Waals surface area contributed by atoms with Crippen molar-refractivity contribution in [3.05, 3.63) is 51.6 Å². The first-order valence-electron chi connectivity index (χ1n) is 6.54. The lowest BCUT2D eigenvalue weighted by Crippen LogP contribution is -2.21. The fourth-order valence-electron chi connectivity index (χ4n) is 1.99. The monoisotopic (exact) mass is 348 g/mol. The Bertz CT molecular complexity index is 850. The highest BCUT2D eigenvalue weighted by molar-refractivity contribution is 7.71. The number of aromatic nitrogens is 2. The van der Waals surface area contributed by atoms with E-state index in [0.29, 0.717) is 0 Å². The van der Waals surface area contributed by atoms with Gasteiger partial charge in [0.25, 0.3) is 0 Å². The summed E-state index contributed by atoms with van der Waals surface area (Å²) < 4.78 is 8.99. The van der Waals surface area contributed by atoms with E-state index in [2.05, 4.69) is 19.4 Å². The largest absolute Gasteiger partial charge is 0.507 e. The molecule has 2 N–H and O–H groups in total. The molecule has 0 aliphatic heterocycles. The van der Waals surface area contributed by atoms with Crippen molar-refractivity contribution in [3.63, 3.8) is 0 Å². The summed E-state index contributed by atoms with van der Waals surface area (Å²) in [7, 11) is 2.20. The number of para-hydroxylation sites is 1. The number of nitrogens with zero attached hydrogens (tertiary/aromatic N) is 1. The lowest BCUT2D eigenvalue weighted by atomic mass is 9.99. The van der Waals surface area contributed by atoms with Crippen LogP contribution < -0.4 is 0 Å². The number of phenolic OH excluding ortho intramolecular Hbond substituents is 1. The summed E-state index contributed by atoms with van der Waals surface area (Å²) in [6, 6.07) is 5.66. The van der Waals surface area contributed by atoms with E-state index in [1.165, 1.54) is 24.3 Å². The third-order valence-electron chi connectivity index (χ3n) is 3.08. The second-order valence-corrected chi connectivity index (χ2v) is 4.86. The van der Waals surface area contributed by atoms with E-state index in [1.807, 2.05) is 0 Å². The zero-order valence-electron chi connectivity index (χ0n) is 12.7. The third kappa shape index (κ3) is 3.15. The number of ketones is 1. The van der Waals surface area contributed by atoms with Crippen molar-refractivity contribution in [2.75, 3.05) is 14.2 Å². The molecule has 0 amide bonds. The molecule has 124 valence electrons. The van der Waals surface area contributed by atoms with Gasteiger partial charge in [-0.25, -0.2) is 14.6 Å². The Morgan fingerprint density at radius 3 is 2.33 bits per heavy atom. The molecule has 1 heterocycles. The van der Waals surface area contributed by atoms with Crippen molar-refractivity contribution in [3.8, 4) is 5.75 Å². The lowest BCUT2D eigenvalue weighted by molar-refractivity contribution is 0.0582. The molecule has 24 heavy (non-hydrogen) atoms. The number of aromatic hydroxyl groups is 1. The number of ether oxygens (including phenoxy) is 2. The molecule has 9 heteroatoms. The fraction of sp³-hybridized carbons (Fsp3) is 0.133. The first-order chi connectivity index (χ1) is 11.4. The molecule has 8 nitrogen and oxygen atoms in total. The number of benzene rings is 1. The number of rotatable bonds is 4. The molecule has 0 spiro atoms. The normalized spacial score (nSPS) is 10.1. The van der Waals surface area contributed by atoms with Crippen LogP contribution in [-0.2, 0) is 9.47 Å². The van der Waals surface area contributed by atoms with Crippen LogP contribution in [0.1, 0.15) is 36.9 Å². The van der Waals surface area contributed by atoms with Crippen LogP contribution in [0.3, 0.4) is 0 Å². The summed E-state index contributed by atoms with van der Waals surface area (Å²) in [4.78, 5) is 42.9. The molecule has 0 fully saturated rings. The van der Waals surface area contributed by atoms with Gasteiger partial charge in [0.1, 0.15) is 11.4 Å². The second kappa shape index (κ2) is 7.01. The third-order valence-corrected chi connectivity index (χ3v) is 3.27. The van der Waals surface area contributed by atoms with Crippen molar-refractivity contribution in [1.82, 2.24) is 9.97 Å². The average Bonchev–Trinajstić information content (AvgIpc) is 2.59. The molecule has 0 atom stereocenters. The fourth-order valence-corrected chi connectivity index (χ4v) is 2.19. The van der Waals surface area contributed by atoms with Crippen LogP contribution in [0.2, 0.25) is 0 Å². The second-order valence-electron chi connectivity index (χ2n) is 4.47. The van der Waals surface area contributed by atoms with Gasteiger partial charge in [0.15, 0.2) is 10.5 Å². The van der Waals surface area contributed by atoms with Crippen LogP contribution in [0.25, 0.3) is 0 Å². The standard InChI is InChI=1S/C15H12N2O6S/c1-22-13(20)10-9(11(14(21)23-2)17-15(24)16-10)12(19)7-5-3-4-6-8(7)18/h3-6,18H,1-2H3,(H,16,17,24). The number of hydrogen-bond acceptors (Lipinski definition) is 8. The smallest absolute Gasteiger partial charge is 0.357 e. The van der Waals surface area contributed by atoms with Crippen molar-refractivity contribution in [1.29, 1.82) is 0 Å². The number of aromatic amines is 1. The van der Waals surface area contributed by atoms with E-state index >= 15 is 0 Å². The first kappa shape index (κ1) is 17.3. The summed E-state index contributed by atoms with van der Waals surface area (Å²) in [5, 5.41) is 9.87. The molecule has 0 aliphatic carbocycles. The molecule has 0 saturated heterocycles. The number of esters is 2. The number of carbonyl (C=O) groups excluding carboxylic acids is 3. The van der Waals surface area contributed by atoms with E-state index in [1.54, 1.807) is 0 Å². The summed E-state index contributed by atoms with van der Waals surface area (Å²) in [6.45, 7) is 0. The average molecular weight is 348 g/mol. The van der Waals surface area contributed by atoms with Gasteiger partial charge in [-0.2, -0.15) is 0 Å². The highest BCUT2D eigenvalue weighted by Gasteiger charge is 2.29. The first-order valence-corrected chi connectivity index (χ1v) is 6.95. The summed E-state index contributed by atoms with van der Waals surface area (Å²) in [6.07, 6.45) is 0. The van der Waals surface area contributed by atoms with Crippen LogP contribution in [0.5, 0.6) is 5.75 Å². The van der Waals surface area contributed by atoms with Crippen molar-refractivity contribution < 1.29 is 29.0 Å². The number of carbonyl (C=O) groups is 3. The van der Waals surface area contributed by atoms with Gasteiger partial charge in [-0.1, -0.05) is 12.1 Å². The van der Waals surface area contributed by atoms with E-state index in [4.69, 9.17) is 12.2 Å². The lowest BCUT2D eigenvalue weighted by Gasteiger charge is -2.11. The van der Waals surface area contributed by atoms with Gasteiger partial charge in [-0.15, -0.1) is 0 Å². The van der Waals surface area contributed by atoms with Gasteiger partial charge in [0.05, 0.1) is 25.3 Å². The van der Waals surface area contributed by atoms with Gasteiger partial charge in [0, 0.05) is 0 Å². The Morgan fingerprint density at radius 1 is 1.12 bits per heavy atom. The summed E-state index contributed by atoms with van der Waals surface area (Å²) >= 11 is 4.87. The molecule has 0 unspecified atom stereocenters. The highest BCUT2D eigenvalue weighted by Crippen LogP contribution is 2.23. The van der Waals surface area contributed by atoms with Crippen LogP contribution >= 0.6 is 12.2 Å². The number of methoxy groups -OCH3 is 2. The molecular formula is C15H12N2O6S. The van der Waals surface area contributed by atoms with Gasteiger partial charge in [0.2, 0.25) is 5.78 Å².